The third kappa shape index (κ3) is 8.27. The first-order chi connectivity index (χ1) is 29.3. The van der Waals surface area contributed by atoms with Crippen LogP contribution in [0.2, 0.25) is 10.0 Å². The Bertz CT molecular complexity index is 3000. The lowest BCUT2D eigenvalue weighted by molar-refractivity contribution is 0.0598. The van der Waals surface area contributed by atoms with Crippen LogP contribution in [-0.2, 0) is 17.6 Å². The molecule has 310 valence electrons. The monoisotopic (exact) mass is 870 g/mol. The van der Waals surface area contributed by atoms with Crippen molar-refractivity contribution in [1.29, 1.82) is 0 Å². The summed E-state index contributed by atoms with van der Waals surface area (Å²) in [7, 11) is 1.34. The second-order valence-electron chi connectivity index (χ2n) is 13.2. The molecule has 4 aromatic heterocycles. The molecule has 0 unspecified atom stereocenters. The minimum atomic E-state index is -1.12. The Morgan fingerprint density at radius 1 is 0.656 bits per heavy atom. The van der Waals surface area contributed by atoms with Gasteiger partial charge in [0.05, 0.1) is 52.1 Å². The first-order valence-electron chi connectivity index (χ1n) is 18.4. The zero-order chi connectivity index (χ0) is 43.5. The van der Waals surface area contributed by atoms with Crippen molar-refractivity contribution in [3.05, 3.63) is 153 Å². The summed E-state index contributed by atoms with van der Waals surface area (Å²) in [6.07, 6.45) is 10.2. The van der Waals surface area contributed by atoms with E-state index in [1.807, 2.05) is 19.9 Å². The highest BCUT2D eigenvalue weighted by Gasteiger charge is 2.21. The number of nitrogens with zero attached hydrogens (tertiary/aromatic N) is 6. The minimum absolute atomic E-state index is 0.0145. The van der Waals surface area contributed by atoms with Crippen molar-refractivity contribution >= 4 is 69.4 Å². The summed E-state index contributed by atoms with van der Waals surface area (Å²) in [6.45, 7) is 3.80. The summed E-state index contributed by atoms with van der Waals surface area (Å²) >= 11 is 11.3. The number of hydrogen-bond donors (Lipinski definition) is 3. The summed E-state index contributed by atoms with van der Waals surface area (Å²) in [5.74, 6) is -4.95. The van der Waals surface area contributed by atoms with E-state index in [9.17, 15) is 32.3 Å². The average molecular weight is 872 g/mol. The summed E-state index contributed by atoms with van der Waals surface area (Å²) < 4.78 is 64.7. The van der Waals surface area contributed by atoms with E-state index >= 15 is 0 Å². The van der Waals surface area contributed by atoms with Gasteiger partial charge < -0.3 is 20.5 Å². The quantitative estimate of drug-likeness (QED) is 0.0689. The van der Waals surface area contributed by atoms with Gasteiger partial charge in [0.15, 0.2) is 46.2 Å². The van der Waals surface area contributed by atoms with Crippen LogP contribution in [0, 0.1) is 23.3 Å². The second-order valence-corrected chi connectivity index (χ2v) is 14.0. The third-order valence-corrected chi connectivity index (χ3v) is 10.2. The van der Waals surface area contributed by atoms with Crippen molar-refractivity contribution in [3.8, 4) is 22.5 Å². The van der Waals surface area contributed by atoms with Crippen molar-refractivity contribution in [3.63, 3.8) is 0 Å². The number of carbonyl (C=O) groups excluding carboxylic acids is 1. The highest BCUT2D eigenvalue weighted by atomic mass is 35.5. The molecule has 0 spiro atoms. The van der Waals surface area contributed by atoms with Crippen molar-refractivity contribution < 1.29 is 37.0 Å². The van der Waals surface area contributed by atoms with Gasteiger partial charge >= 0.3 is 11.9 Å². The van der Waals surface area contributed by atoms with Crippen LogP contribution in [0.1, 0.15) is 45.7 Å². The van der Waals surface area contributed by atoms with Gasteiger partial charge in [-0.05, 0) is 84.6 Å². The van der Waals surface area contributed by atoms with Gasteiger partial charge in [-0.25, -0.2) is 47.1 Å². The molecule has 0 bridgehead atoms. The van der Waals surface area contributed by atoms with E-state index in [2.05, 4.69) is 30.6 Å². The highest BCUT2D eigenvalue weighted by Crippen LogP contribution is 2.33. The average Bonchev–Trinajstić information content (AvgIpc) is 3.91. The lowest BCUT2D eigenvalue weighted by atomic mass is 10.0. The number of halogens is 6. The van der Waals surface area contributed by atoms with Gasteiger partial charge in [-0.1, -0.05) is 37.0 Å². The number of anilines is 4. The molecular weight excluding hydrogens is 839 g/mol. The number of benzene rings is 4. The number of hydrogen-bond acceptors (Lipinski definition) is 9. The summed E-state index contributed by atoms with van der Waals surface area (Å²) in [4.78, 5) is 40.5. The van der Waals surface area contributed by atoms with Crippen molar-refractivity contribution in [2.24, 2.45) is 0 Å². The zero-order valence-corrected chi connectivity index (χ0v) is 33.8. The topological polar surface area (TPSA) is 148 Å². The fourth-order valence-electron chi connectivity index (χ4n) is 6.58. The molecule has 0 saturated heterocycles. The van der Waals surface area contributed by atoms with Crippen LogP contribution in [-0.4, -0.2) is 52.9 Å². The number of carbonyl (C=O) groups is 2. The van der Waals surface area contributed by atoms with E-state index in [-0.39, 0.29) is 26.7 Å². The first kappa shape index (κ1) is 42.1. The van der Waals surface area contributed by atoms with Gasteiger partial charge in [-0.2, -0.15) is 0 Å². The molecule has 0 radical (unpaired) electrons. The van der Waals surface area contributed by atoms with Gasteiger partial charge in [-0.15, -0.1) is 0 Å². The van der Waals surface area contributed by atoms with Gasteiger partial charge in [0.2, 0.25) is 0 Å². The number of nitrogens with one attached hydrogen (secondary N) is 2. The molecule has 12 nitrogen and oxygen atoms in total. The molecule has 0 fully saturated rings. The van der Waals surface area contributed by atoms with E-state index in [4.69, 9.17) is 27.9 Å². The van der Waals surface area contributed by atoms with Gasteiger partial charge in [0, 0.05) is 47.3 Å². The lowest BCUT2D eigenvalue weighted by Crippen LogP contribution is -2.06. The highest BCUT2D eigenvalue weighted by molar-refractivity contribution is 6.31. The van der Waals surface area contributed by atoms with E-state index in [0.29, 0.717) is 69.7 Å². The molecule has 0 atom stereocenters. The van der Waals surface area contributed by atoms with Crippen LogP contribution in [0.4, 0.5) is 40.6 Å². The number of methoxy groups -OCH3 is 1. The molecule has 0 aliphatic rings. The van der Waals surface area contributed by atoms with E-state index in [0.717, 1.165) is 5.56 Å². The molecular formula is C43H32Cl2F4N8O4. The Hall–Kier alpha value is -7.04. The Balaban J connectivity index is 0.000000184. The molecule has 18 heteroatoms. The van der Waals surface area contributed by atoms with E-state index in [1.54, 1.807) is 45.5 Å². The van der Waals surface area contributed by atoms with Crippen LogP contribution in [0.15, 0.2) is 97.8 Å². The number of carboxylic acids is 1. The minimum Gasteiger partial charge on any atom is -0.478 e. The van der Waals surface area contributed by atoms with Gasteiger partial charge in [-0.3, -0.25) is 8.80 Å². The molecule has 8 aromatic rings. The van der Waals surface area contributed by atoms with Crippen LogP contribution in [0.25, 0.3) is 33.8 Å². The maximum absolute atomic E-state index is 14.4. The normalized spacial score (nSPS) is 11.0. The Morgan fingerprint density at radius 3 is 1.52 bits per heavy atom. The largest absolute Gasteiger partial charge is 0.478 e. The molecule has 0 aliphatic heterocycles. The van der Waals surface area contributed by atoms with Crippen molar-refractivity contribution in [1.82, 2.24) is 28.7 Å². The van der Waals surface area contributed by atoms with E-state index < -0.39 is 35.2 Å². The Labute approximate surface area is 354 Å². The number of aryl methyl sites for hydroxylation is 2. The summed E-state index contributed by atoms with van der Waals surface area (Å²) in [6, 6.07) is 15.5. The number of aromatic carboxylic acids is 1. The second kappa shape index (κ2) is 17.7. The van der Waals surface area contributed by atoms with Crippen molar-refractivity contribution in [2.75, 3.05) is 17.7 Å². The van der Waals surface area contributed by atoms with Gasteiger partial charge in [0.1, 0.15) is 0 Å². The predicted molar refractivity (Wildman–Crippen MR) is 223 cm³/mol. The number of imidazole rings is 2. The molecule has 0 aliphatic carbocycles. The maximum atomic E-state index is 14.4. The number of fused-ring (bicyclic) bond motifs is 2. The summed E-state index contributed by atoms with van der Waals surface area (Å²) in [5.41, 5.74) is 5.07. The van der Waals surface area contributed by atoms with Crippen LogP contribution >= 0.6 is 23.2 Å². The molecule has 0 saturated carbocycles. The molecule has 61 heavy (non-hydrogen) atoms. The number of esters is 1. The van der Waals surface area contributed by atoms with E-state index in [1.165, 1.54) is 62.2 Å². The number of rotatable bonds is 10. The zero-order valence-electron chi connectivity index (χ0n) is 32.3. The predicted octanol–water partition coefficient (Wildman–Crippen LogP) is 10.8. The first-order valence-corrected chi connectivity index (χ1v) is 19.1. The fourth-order valence-corrected chi connectivity index (χ4v) is 6.87. The third-order valence-electron chi connectivity index (χ3n) is 9.61. The smallest absolute Gasteiger partial charge is 0.338 e. The molecule has 8 rings (SSSR count). The van der Waals surface area contributed by atoms with Crippen LogP contribution in [0.5, 0.6) is 0 Å². The van der Waals surface area contributed by atoms with Crippen LogP contribution < -0.4 is 10.6 Å². The Morgan fingerprint density at radius 2 is 1.10 bits per heavy atom. The number of ether oxygens (including phenoxy) is 1. The fraction of sp³-hybridized carbons (Fsp3) is 0.116. The molecule has 0 amide bonds. The number of aromatic nitrogens is 6. The van der Waals surface area contributed by atoms with Crippen LogP contribution in [0.3, 0.4) is 0 Å². The summed E-state index contributed by atoms with van der Waals surface area (Å²) in [5, 5.41) is 15.0. The standard InChI is InChI=1S/C22H17ClF2N4O2.C21H15ClF2N4O2/c1-3-12-10-13(4-5-14(12)22(30)31-2)28-20-21-27-11-17(29(21)9-8-26-20)15-6-7-16(23)19(25)18(15)24;1-2-11-9-12(3-4-13(11)21(29)30)27-19-20-26-10-16(28(20)8-7-25-19)14-5-6-15(22)18(24)17(14)23/h4-11H,3H2,1-2H3,(H,26,28);3-10H,2H2,1H3,(H,25,27)(H,29,30). The lowest BCUT2D eigenvalue weighted by Gasteiger charge is -2.11. The maximum Gasteiger partial charge on any atom is 0.338 e. The number of carboxylic acid groups (broad SMARTS) is 1. The SMILES string of the molecule is CCc1cc(Nc2nccn3c(-c4ccc(Cl)c(F)c4F)cnc23)ccc1C(=O)O.CCc1cc(Nc2nccn3c(-c4ccc(Cl)c(F)c4F)cnc23)ccc1C(=O)OC. The molecule has 4 aromatic carbocycles. The van der Waals surface area contributed by atoms with Gasteiger partial charge in [0.25, 0.3) is 0 Å². The molecule has 4 heterocycles. The van der Waals surface area contributed by atoms with Crippen molar-refractivity contribution in [2.45, 2.75) is 26.7 Å². The molecule has 3 N–H and O–H groups in total. The Kier molecular flexibility index (Phi) is 12.2.